The first-order chi connectivity index (χ1) is 15.7. The zero-order chi connectivity index (χ0) is 23.9. The quantitative estimate of drug-likeness (QED) is 0.383. The average Bonchev–Trinajstić information content (AvgIpc) is 3.01. The molecule has 1 unspecified atom stereocenters. The minimum absolute atomic E-state index is 0.208. The van der Waals surface area contributed by atoms with Gasteiger partial charge in [-0.25, -0.2) is 4.79 Å². The Morgan fingerprint density at radius 2 is 1.64 bits per heavy atom. The number of rotatable bonds is 5. The van der Waals surface area contributed by atoms with Crippen LogP contribution in [0.15, 0.2) is 54.6 Å². The number of methoxy groups -OCH3 is 2. The molecule has 0 saturated heterocycles. The highest BCUT2D eigenvalue weighted by atomic mass is 35.5. The molecule has 1 amide bonds. The van der Waals surface area contributed by atoms with Crippen LogP contribution in [-0.4, -0.2) is 26.1 Å². The van der Waals surface area contributed by atoms with Gasteiger partial charge in [-0.1, -0.05) is 40.9 Å². The largest absolute Gasteiger partial charge is 0.496 e. The molecule has 0 bridgehead atoms. The van der Waals surface area contributed by atoms with E-state index in [4.69, 9.17) is 44.3 Å². The molecule has 1 heterocycles. The first-order valence-electron chi connectivity index (χ1n) is 10.0. The van der Waals surface area contributed by atoms with Gasteiger partial charge >= 0.3 is 5.97 Å². The molecular weight excluding hydrogens is 485 g/mol. The third-order valence-corrected chi connectivity index (χ3v) is 6.76. The maximum Gasteiger partial charge on any atom is 0.337 e. The summed E-state index contributed by atoms with van der Waals surface area (Å²) in [4.78, 5) is 27.9. The van der Waals surface area contributed by atoms with Crippen LogP contribution in [0.3, 0.4) is 0 Å². The summed E-state index contributed by atoms with van der Waals surface area (Å²) in [5, 5.41) is 1.38. The monoisotopic (exact) mass is 503 g/mol. The molecule has 1 atom stereocenters. The maximum absolute atomic E-state index is 14.0. The van der Waals surface area contributed by atoms with Crippen LogP contribution >= 0.6 is 34.8 Å². The van der Waals surface area contributed by atoms with Crippen LogP contribution in [0.5, 0.6) is 5.75 Å². The second kappa shape index (κ2) is 8.90. The van der Waals surface area contributed by atoms with E-state index in [2.05, 4.69) is 0 Å². The molecule has 0 N–H and O–H groups in total. The van der Waals surface area contributed by atoms with Crippen LogP contribution in [0.2, 0.25) is 15.1 Å². The van der Waals surface area contributed by atoms with Crippen LogP contribution in [0.1, 0.15) is 34.0 Å². The van der Waals surface area contributed by atoms with Gasteiger partial charge in [0, 0.05) is 26.3 Å². The van der Waals surface area contributed by atoms with Crippen molar-refractivity contribution in [2.24, 2.45) is 0 Å². The van der Waals surface area contributed by atoms with Crippen molar-refractivity contribution in [1.82, 2.24) is 0 Å². The number of ether oxygens (including phenoxy) is 2. The summed E-state index contributed by atoms with van der Waals surface area (Å²) >= 11 is 19.0. The molecule has 5 nitrogen and oxygen atoms in total. The summed E-state index contributed by atoms with van der Waals surface area (Å²) in [6.45, 7) is 2.03. The molecule has 4 rings (SSSR count). The third-order valence-electron chi connectivity index (χ3n) is 5.96. The Labute approximate surface area is 206 Å². The van der Waals surface area contributed by atoms with Gasteiger partial charge in [0.05, 0.1) is 26.3 Å². The van der Waals surface area contributed by atoms with E-state index in [1.807, 2.05) is 6.07 Å². The molecule has 0 fully saturated rings. The van der Waals surface area contributed by atoms with Gasteiger partial charge in [0.2, 0.25) is 5.91 Å². The normalized spacial score (nSPS) is 17.2. The van der Waals surface area contributed by atoms with E-state index in [9.17, 15) is 9.59 Å². The maximum atomic E-state index is 14.0. The number of benzene rings is 3. The van der Waals surface area contributed by atoms with Crippen molar-refractivity contribution in [3.8, 4) is 5.75 Å². The second-order valence-corrected chi connectivity index (χ2v) is 9.10. The summed E-state index contributed by atoms with van der Waals surface area (Å²) < 4.78 is 10.3. The molecule has 1 aliphatic heterocycles. The van der Waals surface area contributed by atoms with Crippen molar-refractivity contribution in [1.29, 1.82) is 0 Å². The molecule has 1 aliphatic rings. The predicted molar refractivity (Wildman–Crippen MR) is 130 cm³/mol. The van der Waals surface area contributed by atoms with Gasteiger partial charge in [-0.3, -0.25) is 4.79 Å². The number of halogens is 3. The number of hydrogen-bond acceptors (Lipinski definition) is 4. The van der Waals surface area contributed by atoms with Crippen molar-refractivity contribution in [3.63, 3.8) is 0 Å². The molecule has 0 saturated carbocycles. The van der Waals surface area contributed by atoms with Gasteiger partial charge in [-0.15, -0.1) is 0 Å². The van der Waals surface area contributed by atoms with E-state index >= 15 is 0 Å². The van der Waals surface area contributed by atoms with Crippen LogP contribution in [0.25, 0.3) is 0 Å². The van der Waals surface area contributed by atoms with Gasteiger partial charge in [-0.05, 0) is 66.6 Å². The smallest absolute Gasteiger partial charge is 0.337 e. The Kier molecular flexibility index (Phi) is 6.32. The molecule has 0 spiro atoms. The fraction of sp³-hybridized carbons (Fsp3) is 0.200. The van der Waals surface area contributed by atoms with Crippen molar-refractivity contribution in [3.05, 3.63) is 91.9 Å². The zero-order valence-corrected chi connectivity index (χ0v) is 20.4. The van der Waals surface area contributed by atoms with Crippen LogP contribution in [-0.2, 0) is 21.5 Å². The topological polar surface area (TPSA) is 55.8 Å². The number of carbonyl (C=O) groups excluding carboxylic acids is 2. The van der Waals surface area contributed by atoms with Gasteiger partial charge in [0.25, 0.3) is 0 Å². The van der Waals surface area contributed by atoms with Crippen molar-refractivity contribution >= 4 is 52.4 Å². The molecule has 0 aliphatic carbocycles. The molecular formula is C25H20Cl3NO4. The summed E-state index contributed by atoms with van der Waals surface area (Å²) in [5.41, 5.74) is 1.79. The van der Waals surface area contributed by atoms with Gasteiger partial charge < -0.3 is 14.4 Å². The average molecular weight is 505 g/mol. The number of anilines is 1. The number of carbonyl (C=O) groups is 2. The fourth-order valence-corrected chi connectivity index (χ4v) is 4.87. The van der Waals surface area contributed by atoms with E-state index in [1.165, 1.54) is 7.11 Å². The summed E-state index contributed by atoms with van der Waals surface area (Å²) in [6, 6.07) is 15.3. The van der Waals surface area contributed by atoms with E-state index < -0.39 is 11.4 Å². The Morgan fingerprint density at radius 3 is 2.33 bits per heavy atom. The molecule has 170 valence electrons. The number of fused-ring (bicyclic) bond motifs is 1. The lowest BCUT2D eigenvalue weighted by Crippen LogP contribution is -2.39. The SMILES string of the molecule is COC(=O)c1ccc(Cl)c(C2(C)C(=O)N(Cc3ccc(Cl)cc3OC)c3ccc(Cl)cc32)c1. The molecule has 33 heavy (non-hydrogen) atoms. The minimum atomic E-state index is -1.18. The van der Waals surface area contributed by atoms with Crippen LogP contribution in [0.4, 0.5) is 5.69 Å². The van der Waals surface area contributed by atoms with Gasteiger partial charge in [0.1, 0.15) is 11.2 Å². The highest BCUT2D eigenvalue weighted by Crippen LogP contribution is 2.49. The van der Waals surface area contributed by atoms with Gasteiger partial charge in [0.15, 0.2) is 0 Å². The standard InChI is InChI=1S/C25H20Cl3NO4/c1-25(18-10-14(23(30)33-3)5-8-20(18)28)19-11-16(26)7-9-21(19)29(24(25)31)13-15-4-6-17(27)12-22(15)32-2/h4-12H,13H2,1-3H3. The minimum Gasteiger partial charge on any atom is -0.496 e. The fourth-order valence-electron chi connectivity index (χ4n) is 4.23. The molecule has 3 aromatic carbocycles. The van der Waals surface area contributed by atoms with E-state index in [0.29, 0.717) is 43.2 Å². The number of nitrogens with zero attached hydrogens (tertiary/aromatic N) is 1. The highest BCUT2D eigenvalue weighted by molar-refractivity contribution is 6.33. The van der Waals surface area contributed by atoms with Crippen molar-refractivity contribution in [2.75, 3.05) is 19.1 Å². The molecule has 3 aromatic rings. The van der Waals surface area contributed by atoms with Crippen LogP contribution < -0.4 is 9.64 Å². The van der Waals surface area contributed by atoms with E-state index in [-0.39, 0.29) is 12.5 Å². The Bertz CT molecular complexity index is 1280. The summed E-state index contributed by atoms with van der Waals surface area (Å²) in [5.74, 6) is -0.151. The number of hydrogen-bond donors (Lipinski definition) is 0. The summed E-state index contributed by atoms with van der Waals surface area (Å²) in [7, 11) is 2.85. The van der Waals surface area contributed by atoms with Crippen molar-refractivity contribution in [2.45, 2.75) is 18.9 Å². The zero-order valence-electron chi connectivity index (χ0n) is 18.1. The first kappa shape index (κ1) is 23.4. The lowest BCUT2D eigenvalue weighted by Gasteiger charge is -2.27. The first-order valence-corrected chi connectivity index (χ1v) is 11.2. The Hall–Kier alpha value is -2.73. The predicted octanol–water partition coefficient (Wildman–Crippen LogP) is 6.29. The van der Waals surface area contributed by atoms with E-state index in [0.717, 1.165) is 5.56 Å². The molecule has 8 heteroatoms. The Morgan fingerprint density at radius 1 is 0.939 bits per heavy atom. The number of amides is 1. The lowest BCUT2D eigenvalue weighted by molar-refractivity contribution is -0.121. The highest BCUT2D eigenvalue weighted by Gasteiger charge is 2.50. The van der Waals surface area contributed by atoms with Crippen LogP contribution in [0, 0.1) is 0 Å². The lowest BCUT2D eigenvalue weighted by atomic mass is 9.76. The third kappa shape index (κ3) is 3.95. The van der Waals surface area contributed by atoms with Crippen molar-refractivity contribution < 1.29 is 19.1 Å². The summed E-state index contributed by atoms with van der Waals surface area (Å²) in [6.07, 6.45) is 0. The second-order valence-electron chi connectivity index (χ2n) is 7.82. The van der Waals surface area contributed by atoms with E-state index in [1.54, 1.807) is 67.5 Å². The molecule has 0 radical (unpaired) electrons. The number of esters is 1. The molecule has 0 aromatic heterocycles. The Balaban J connectivity index is 1.88. The van der Waals surface area contributed by atoms with Gasteiger partial charge in [-0.2, -0.15) is 0 Å².